The van der Waals surface area contributed by atoms with Gasteiger partial charge in [0.15, 0.2) is 0 Å². The summed E-state index contributed by atoms with van der Waals surface area (Å²) >= 11 is 7.00. The van der Waals surface area contributed by atoms with Crippen molar-refractivity contribution in [2.75, 3.05) is 11.1 Å². The number of thiazole rings is 1. The Hall–Kier alpha value is 0.460. The van der Waals surface area contributed by atoms with E-state index in [9.17, 15) is 0 Å². The zero-order chi connectivity index (χ0) is 8.10. The van der Waals surface area contributed by atoms with Crippen molar-refractivity contribution in [1.82, 2.24) is 4.98 Å². The predicted molar refractivity (Wildman–Crippen MR) is 55.8 cm³/mol. The third-order valence-corrected chi connectivity index (χ3v) is 4.56. The lowest BCUT2D eigenvalue weighted by atomic mass is 10.3. The van der Waals surface area contributed by atoms with Crippen LogP contribution in [0.15, 0.2) is 15.9 Å². The minimum atomic E-state index is 0.726. The largest absolute Gasteiger partial charge is 0.238 e. The van der Waals surface area contributed by atoms with Crippen molar-refractivity contribution in [2.24, 2.45) is 5.92 Å². The fourth-order valence-corrected chi connectivity index (χ4v) is 2.75. The van der Waals surface area contributed by atoms with Crippen molar-refractivity contribution in [3.05, 3.63) is 11.6 Å². The average Bonchev–Trinajstić information content (AvgIpc) is 2.52. The first-order valence-electron chi connectivity index (χ1n) is 3.41. The van der Waals surface area contributed by atoms with Gasteiger partial charge in [-0.05, 0) is 5.92 Å². The van der Waals surface area contributed by atoms with E-state index in [4.69, 9.17) is 0 Å². The molecular formula is C7H10BrNS2. The number of alkyl halides is 1. The molecule has 0 aliphatic heterocycles. The molecule has 0 bridgehead atoms. The molecule has 0 aliphatic carbocycles. The molecule has 1 nitrogen and oxygen atoms in total. The highest BCUT2D eigenvalue weighted by Crippen LogP contribution is 2.22. The Labute approximate surface area is 83.7 Å². The van der Waals surface area contributed by atoms with Gasteiger partial charge in [0.2, 0.25) is 0 Å². The van der Waals surface area contributed by atoms with Crippen LogP contribution in [0.5, 0.6) is 0 Å². The molecule has 1 heterocycles. The number of halogens is 1. The van der Waals surface area contributed by atoms with Gasteiger partial charge < -0.3 is 0 Å². The summed E-state index contributed by atoms with van der Waals surface area (Å²) in [6.45, 7) is 2.23. The molecule has 1 atom stereocenters. The number of thioether (sulfide) groups is 1. The number of nitrogens with zero attached hydrogens (tertiary/aromatic N) is 1. The van der Waals surface area contributed by atoms with Gasteiger partial charge in [0, 0.05) is 22.7 Å². The van der Waals surface area contributed by atoms with E-state index in [0.29, 0.717) is 0 Å². The van der Waals surface area contributed by atoms with Gasteiger partial charge >= 0.3 is 0 Å². The molecule has 0 spiro atoms. The topological polar surface area (TPSA) is 12.9 Å². The Bertz CT molecular complexity index is 188. The smallest absolute Gasteiger partial charge is 0.149 e. The molecule has 4 heteroatoms. The first kappa shape index (κ1) is 9.55. The molecule has 0 aromatic carbocycles. The van der Waals surface area contributed by atoms with Gasteiger partial charge in [0.25, 0.3) is 0 Å². The quantitative estimate of drug-likeness (QED) is 0.602. The molecule has 1 rings (SSSR count). The standard InChI is InChI=1S/C7H10BrNS2/c1-6(4-8)5-11-7-9-2-3-10-7/h2-3,6H,4-5H2,1H3. The first-order valence-corrected chi connectivity index (χ1v) is 6.40. The van der Waals surface area contributed by atoms with Gasteiger partial charge in [-0.2, -0.15) is 0 Å². The summed E-state index contributed by atoms with van der Waals surface area (Å²) in [5.74, 6) is 1.88. The molecule has 1 aromatic rings. The van der Waals surface area contributed by atoms with Crippen LogP contribution in [0.25, 0.3) is 0 Å². The van der Waals surface area contributed by atoms with E-state index in [1.54, 1.807) is 11.3 Å². The summed E-state index contributed by atoms with van der Waals surface area (Å²) in [7, 11) is 0. The van der Waals surface area contributed by atoms with Crippen molar-refractivity contribution < 1.29 is 0 Å². The van der Waals surface area contributed by atoms with Crippen LogP contribution in [0, 0.1) is 5.92 Å². The first-order chi connectivity index (χ1) is 5.33. The number of aromatic nitrogens is 1. The Kier molecular flexibility index (Phi) is 4.48. The minimum absolute atomic E-state index is 0.726. The third-order valence-electron chi connectivity index (χ3n) is 1.16. The minimum Gasteiger partial charge on any atom is -0.238 e. The summed E-state index contributed by atoms with van der Waals surface area (Å²) in [6.07, 6.45) is 1.85. The van der Waals surface area contributed by atoms with E-state index >= 15 is 0 Å². The Morgan fingerprint density at radius 1 is 1.82 bits per heavy atom. The van der Waals surface area contributed by atoms with Crippen LogP contribution < -0.4 is 0 Å². The maximum Gasteiger partial charge on any atom is 0.149 e. The molecule has 0 fully saturated rings. The molecule has 0 saturated carbocycles. The lowest BCUT2D eigenvalue weighted by Crippen LogP contribution is -1.98. The second-order valence-electron chi connectivity index (χ2n) is 2.37. The molecule has 1 unspecified atom stereocenters. The van der Waals surface area contributed by atoms with E-state index in [1.807, 2.05) is 23.3 Å². The van der Waals surface area contributed by atoms with Gasteiger partial charge in [-0.25, -0.2) is 4.98 Å². The van der Waals surface area contributed by atoms with Crippen LogP contribution in [-0.2, 0) is 0 Å². The molecule has 0 aliphatic rings. The molecule has 0 amide bonds. The van der Waals surface area contributed by atoms with E-state index < -0.39 is 0 Å². The lowest BCUT2D eigenvalue weighted by Gasteiger charge is -2.03. The molecule has 62 valence electrons. The number of rotatable bonds is 4. The lowest BCUT2D eigenvalue weighted by molar-refractivity contribution is 0.770. The van der Waals surface area contributed by atoms with Gasteiger partial charge in [-0.1, -0.05) is 34.6 Å². The molecule has 0 saturated heterocycles. The van der Waals surface area contributed by atoms with Crippen LogP contribution in [0.1, 0.15) is 6.92 Å². The number of hydrogen-bond donors (Lipinski definition) is 0. The van der Waals surface area contributed by atoms with Gasteiger partial charge in [-0.3, -0.25) is 0 Å². The van der Waals surface area contributed by atoms with Crippen LogP contribution in [0.2, 0.25) is 0 Å². The van der Waals surface area contributed by atoms with E-state index in [2.05, 4.69) is 27.8 Å². The highest BCUT2D eigenvalue weighted by Gasteiger charge is 2.01. The summed E-state index contributed by atoms with van der Waals surface area (Å²) in [6, 6.07) is 0. The Morgan fingerprint density at radius 3 is 3.18 bits per heavy atom. The summed E-state index contributed by atoms with van der Waals surface area (Å²) in [5, 5.41) is 3.09. The van der Waals surface area contributed by atoms with Crippen LogP contribution >= 0.6 is 39.0 Å². The van der Waals surface area contributed by atoms with Gasteiger partial charge in [0.05, 0.1) is 0 Å². The summed E-state index contributed by atoms with van der Waals surface area (Å²) in [5.41, 5.74) is 0. The zero-order valence-corrected chi connectivity index (χ0v) is 9.51. The molecular weight excluding hydrogens is 242 g/mol. The third kappa shape index (κ3) is 3.58. The highest BCUT2D eigenvalue weighted by molar-refractivity contribution is 9.09. The molecule has 1 aromatic heterocycles. The summed E-state index contributed by atoms with van der Waals surface area (Å²) in [4.78, 5) is 4.19. The molecule has 0 N–H and O–H groups in total. The maximum absolute atomic E-state index is 4.19. The van der Waals surface area contributed by atoms with E-state index in [-0.39, 0.29) is 0 Å². The predicted octanol–water partition coefficient (Wildman–Crippen LogP) is 3.27. The fourth-order valence-electron chi connectivity index (χ4n) is 0.540. The summed E-state index contributed by atoms with van der Waals surface area (Å²) < 4.78 is 1.18. The maximum atomic E-state index is 4.19. The zero-order valence-electron chi connectivity index (χ0n) is 6.29. The van der Waals surface area contributed by atoms with Gasteiger partial charge in [-0.15, -0.1) is 11.3 Å². The normalized spacial score (nSPS) is 13.3. The van der Waals surface area contributed by atoms with E-state index in [1.165, 1.54) is 4.34 Å². The van der Waals surface area contributed by atoms with Crippen molar-refractivity contribution in [3.8, 4) is 0 Å². The molecule has 11 heavy (non-hydrogen) atoms. The highest BCUT2D eigenvalue weighted by atomic mass is 79.9. The average molecular weight is 252 g/mol. The van der Waals surface area contributed by atoms with Crippen molar-refractivity contribution in [1.29, 1.82) is 0 Å². The monoisotopic (exact) mass is 251 g/mol. The van der Waals surface area contributed by atoms with Crippen molar-refractivity contribution >= 4 is 39.0 Å². The Balaban J connectivity index is 2.23. The second kappa shape index (κ2) is 5.17. The van der Waals surface area contributed by atoms with Crippen LogP contribution in [0.3, 0.4) is 0 Å². The fraction of sp³-hybridized carbons (Fsp3) is 0.571. The Morgan fingerprint density at radius 2 is 2.64 bits per heavy atom. The van der Waals surface area contributed by atoms with Crippen LogP contribution in [0.4, 0.5) is 0 Å². The van der Waals surface area contributed by atoms with Crippen molar-refractivity contribution in [2.45, 2.75) is 11.3 Å². The van der Waals surface area contributed by atoms with E-state index in [0.717, 1.165) is 17.0 Å². The van der Waals surface area contributed by atoms with Gasteiger partial charge in [0.1, 0.15) is 4.34 Å². The second-order valence-corrected chi connectivity index (χ2v) is 5.18. The number of hydrogen-bond acceptors (Lipinski definition) is 3. The van der Waals surface area contributed by atoms with Crippen LogP contribution in [-0.4, -0.2) is 16.1 Å². The molecule has 0 radical (unpaired) electrons. The SMILES string of the molecule is CC(CBr)CSc1nccs1. The van der Waals surface area contributed by atoms with Crippen molar-refractivity contribution in [3.63, 3.8) is 0 Å².